The lowest BCUT2D eigenvalue weighted by Crippen LogP contribution is -1.92. The molecule has 0 saturated heterocycles. The molecule has 1 aromatic carbocycles. The van der Waals surface area contributed by atoms with Gasteiger partial charge in [-0.1, -0.05) is 35.1 Å². The zero-order valence-electron chi connectivity index (χ0n) is 10.5. The van der Waals surface area contributed by atoms with E-state index in [1.165, 1.54) is 38.5 Å². The summed E-state index contributed by atoms with van der Waals surface area (Å²) in [6, 6.07) is 7.80. The second-order valence-electron chi connectivity index (χ2n) is 5.42. The topological polar surface area (TPSA) is 0 Å². The first-order valence-corrected chi connectivity index (χ1v) is 7.13. The molecule has 92 valence electrons. The minimum Gasteiger partial charge on any atom is -0.0869 e. The number of halogens is 1. The highest BCUT2D eigenvalue weighted by Gasteiger charge is 2.39. The number of benzene rings is 1. The van der Waals surface area contributed by atoms with Gasteiger partial charge in [0, 0.05) is 10.6 Å². The van der Waals surface area contributed by atoms with Crippen molar-refractivity contribution in [1.82, 2.24) is 0 Å². The summed E-state index contributed by atoms with van der Waals surface area (Å²) in [6.45, 7) is 0. The average molecular weight is 257 g/mol. The Bertz CT molecular complexity index is 513. The second-order valence-corrected chi connectivity index (χ2v) is 5.86. The molecule has 1 aromatic rings. The molecule has 0 N–H and O–H groups in total. The Kier molecular flexibility index (Phi) is 3.18. The van der Waals surface area contributed by atoms with Crippen molar-refractivity contribution in [3.63, 3.8) is 0 Å². The third-order valence-electron chi connectivity index (χ3n) is 3.81. The maximum absolute atomic E-state index is 5.87. The number of hydrogen-bond donors (Lipinski definition) is 0. The fourth-order valence-electron chi connectivity index (χ4n) is 2.53. The van der Waals surface area contributed by atoms with Crippen LogP contribution in [0.2, 0.25) is 5.02 Å². The molecule has 0 unspecified atom stereocenters. The Morgan fingerprint density at radius 1 is 1.06 bits per heavy atom. The molecule has 0 heterocycles. The van der Waals surface area contributed by atoms with E-state index in [2.05, 4.69) is 17.9 Å². The summed E-state index contributed by atoms with van der Waals surface area (Å²) in [7, 11) is 0. The van der Waals surface area contributed by atoms with Crippen molar-refractivity contribution in [3.8, 4) is 11.8 Å². The molecule has 0 bridgehead atoms. The molecule has 0 atom stereocenters. The van der Waals surface area contributed by atoms with Crippen LogP contribution in [-0.4, -0.2) is 0 Å². The molecule has 2 aliphatic rings. The molecule has 0 aliphatic heterocycles. The maximum atomic E-state index is 5.87. The van der Waals surface area contributed by atoms with Gasteiger partial charge in [-0.25, -0.2) is 0 Å². The third-order valence-corrected chi connectivity index (χ3v) is 4.07. The van der Waals surface area contributed by atoms with E-state index in [9.17, 15) is 0 Å². The van der Waals surface area contributed by atoms with Crippen LogP contribution in [0.3, 0.4) is 0 Å². The molecule has 1 heteroatoms. The van der Waals surface area contributed by atoms with E-state index in [0.29, 0.717) is 0 Å². The lowest BCUT2D eigenvalue weighted by Gasteiger charge is -2.02. The van der Waals surface area contributed by atoms with Crippen LogP contribution in [0.4, 0.5) is 0 Å². The van der Waals surface area contributed by atoms with Crippen molar-refractivity contribution in [1.29, 1.82) is 0 Å². The normalized spacial score (nSPS) is 20.2. The smallest absolute Gasteiger partial charge is 0.0501 e. The van der Waals surface area contributed by atoms with Gasteiger partial charge in [-0.2, -0.15) is 0 Å². The van der Waals surface area contributed by atoms with Gasteiger partial charge < -0.3 is 0 Å². The summed E-state index contributed by atoms with van der Waals surface area (Å²) in [5.41, 5.74) is 2.91. The molecule has 3 rings (SSSR count). The van der Waals surface area contributed by atoms with Crippen molar-refractivity contribution in [2.75, 3.05) is 0 Å². The van der Waals surface area contributed by atoms with Crippen molar-refractivity contribution >= 4 is 11.6 Å². The Morgan fingerprint density at radius 3 is 2.33 bits per heavy atom. The Morgan fingerprint density at radius 2 is 1.72 bits per heavy atom. The van der Waals surface area contributed by atoms with E-state index >= 15 is 0 Å². The van der Waals surface area contributed by atoms with Gasteiger partial charge in [0.2, 0.25) is 0 Å². The van der Waals surface area contributed by atoms with Crippen LogP contribution in [0.1, 0.15) is 44.1 Å². The Labute approximate surface area is 114 Å². The average Bonchev–Trinajstić information content (AvgIpc) is 2.94. The SMILES string of the molecule is Clc1ccc(C#CC2(C=C3CCCC3)CC2)cc1. The van der Waals surface area contributed by atoms with Gasteiger partial charge in [0.15, 0.2) is 0 Å². The standard InChI is InChI=1S/C17H17Cl/c18-16-7-5-14(6-8-16)9-10-17(11-12-17)13-15-3-1-2-4-15/h5-8,13H,1-4,11-12H2. The van der Waals surface area contributed by atoms with Crippen molar-refractivity contribution in [2.45, 2.75) is 38.5 Å². The van der Waals surface area contributed by atoms with Crippen LogP contribution in [0, 0.1) is 17.3 Å². The summed E-state index contributed by atoms with van der Waals surface area (Å²) in [5.74, 6) is 6.76. The molecule has 0 nitrogen and oxygen atoms in total. The summed E-state index contributed by atoms with van der Waals surface area (Å²) in [4.78, 5) is 0. The molecule has 2 saturated carbocycles. The van der Waals surface area contributed by atoms with Gasteiger partial charge in [0.1, 0.15) is 0 Å². The van der Waals surface area contributed by atoms with Crippen LogP contribution >= 0.6 is 11.6 Å². The van der Waals surface area contributed by atoms with Crippen molar-refractivity contribution in [2.24, 2.45) is 5.41 Å². The zero-order chi connectivity index (χ0) is 12.4. The molecule has 18 heavy (non-hydrogen) atoms. The zero-order valence-corrected chi connectivity index (χ0v) is 11.3. The molecule has 0 spiro atoms. The molecular formula is C17H17Cl. The summed E-state index contributed by atoms with van der Waals surface area (Å²) < 4.78 is 0. The van der Waals surface area contributed by atoms with Gasteiger partial charge in [-0.15, -0.1) is 0 Å². The largest absolute Gasteiger partial charge is 0.0869 e. The van der Waals surface area contributed by atoms with Gasteiger partial charge >= 0.3 is 0 Å². The lowest BCUT2D eigenvalue weighted by atomic mass is 10.0. The first-order chi connectivity index (χ1) is 8.76. The van der Waals surface area contributed by atoms with E-state index in [-0.39, 0.29) is 5.41 Å². The van der Waals surface area contributed by atoms with E-state index in [1.807, 2.05) is 24.3 Å². The van der Waals surface area contributed by atoms with Crippen molar-refractivity contribution < 1.29 is 0 Å². The Hall–Kier alpha value is -1.19. The molecule has 2 fully saturated rings. The maximum Gasteiger partial charge on any atom is 0.0501 e. The molecule has 0 amide bonds. The van der Waals surface area contributed by atoms with Gasteiger partial charge in [0.05, 0.1) is 5.41 Å². The molecule has 0 aromatic heterocycles. The number of allylic oxidation sites excluding steroid dienone is 2. The van der Waals surface area contributed by atoms with E-state index in [4.69, 9.17) is 11.6 Å². The van der Waals surface area contributed by atoms with Crippen LogP contribution < -0.4 is 0 Å². The fraction of sp³-hybridized carbons (Fsp3) is 0.412. The van der Waals surface area contributed by atoms with E-state index in [0.717, 1.165) is 10.6 Å². The van der Waals surface area contributed by atoms with Crippen LogP contribution in [0.25, 0.3) is 0 Å². The van der Waals surface area contributed by atoms with E-state index < -0.39 is 0 Å². The number of hydrogen-bond acceptors (Lipinski definition) is 0. The first-order valence-electron chi connectivity index (χ1n) is 6.75. The lowest BCUT2D eigenvalue weighted by molar-refractivity contribution is 0.868. The summed E-state index contributed by atoms with van der Waals surface area (Å²) >= 11 is 5.87. The summed E-state index contributed by atoms with van der Waals surface area (Å²) in [6.07, 6.45) is 10.3. The molecular weight excluding hydrogens is 240 g/mol. The van der Waals surface area contributed by atoms with Gasteiger partial charge in [-0.3, -0.25) is 0 Å². The number of rotatable bonds is 1. The minimum atomic E-state index is 0.208. The second kappa shape index (κ2) is 4.82. The fourth-order valence-corrected chi connectivity index (χ4v) is 2.66. The van der Waals surface area contributed by atoms with Crippen LogP contribution in [0.5, 0.6) is 0 Å². The highest BCUT2D eigenvalue weighted by molar-refractivity contribution is 6.30. The first kappa shape index (κ1) is 11.9. The highest BCUT2D eigenvalue weighted by atomic mass is 35.5. The predicted octanol–water partition coefficient (Wildman–Crippen LogP) is 4.97. The van der Waals surface area contributed by atoms with Gasteiger partial charge in [0.25, 0.3) is 0 Å². The summed E-state index contributed by atoms with van der Waals surface area (Å²) in [5, 5.41) is 0.773. The van der Waals surface area contributed by atoms with Crippen LogP contribution in [0.15, 0.2) is 35.9 Å². The van der Waals surface area contributed by atoms with E-state index in [1.54, 1.807) is 5.57 Å². The minimum absolute atomic E-state index is 0.208. The Balaban J connectivity index is 1.76. The monoisotopic (exact) mass is 256 g/mol. The highest BCUT2D eigenvalue weighted by Crippen LogP contribution is 2.48. The predicted molar refractivity (Wildman–Crippen MR) is 76.5 cm³/mol. The molecule has 2 aliphatic carbocycles. The van der Waals surface area contributed by atoms with Crippen LogP contribution in [-0.2, 0) is 0 Å². The van der Waals surface area contributed by atoms with Gasteiger partial charge in [-0.05, 0) is 62.8 Å². The quantitative estimate of drug-likeness (QED) is 0.491. The van der Waals surface area contributed by atoms with Crippen molar-refractivity contribution in [3.05, 3.63) is 46.5 Å². The molecule has 0 radical (unpaired) electrons. The third kappa shape index (κ3) is 2.79.